The number of hydrogen-bond donors (Lipinski definition) is 3. The van der Waals surface area contributed by atoms with Gasteiger partial charge in [0.2, 0.25) is 0 Å². The van der Waals surface area contributed by atoms with Gasteiger partial charge in [-0.2, -0.15) is 0 Å². The van der Waals surface area contributed by atoms with Gasteiger partial charge >= 0.3 is 0 Å². The zero-order valence-electron chi connectivity index (χ0n) is 17.1. The van der Waals surface area contributed by atoms with Crippen LogP contribution in [-0.2, 0) is 10.0 Å². The van der Waals surface area contributed by atoms with E-state index in [2.05, 4.69) is 29.2 Å². The third kappa shape index (κ3) is 6.13. The Bertz CT molecular complexity index is 1160. The van der Waals surface area contributed by atoms with Crippen molar-refractivity contribution in [1.29, 1.82) is 0 Å². The maximum atomic E-state index is 12.5. The highest BCUT2D eigenvalue weighted by atomic mass is 32.2. The van der Waals surface area contributed by atoms with E-state index < -0.39 is 15.9 Å². The third-order valence-corrected chi connectivity index (χ3v) is 6.07. The summed E-state index contributed by atoms with van der Waals surface area (Å²) < 4.78 is 27.0. The molecule has 0 aromatic heterocycles. The van der Waals surface area contributed by atoms with Gasteiger partial charge in [-0.05, 0) is 72.2 Å². The summed E-state index contributed by atoms with van der Waals surface area (Å²) >= 11 is 5.32. The fraction of sp³-hybridized carbons (Fsp3) is 0.130. The van der Waals surface area contributed by atoms with Gasteiger partial charge in [-0.1, -0.05) is 44.2 Å². The summed E-state index contributed by atoms with van der Waals surface area (Å²) in [6.45, 7) is 4.26. The molecule has 0 heterocycles. The van der Waals surface area contributed by atoms with Crippen molar-refractivity contribution >= 4 is 44.6 Å². The number of sulfonamides is 1. The van der Waals surface area contributed by atoms with E-state index in [-0.39, 0.29) is 10.5 Å². The van der Waals surface area contributed by atoms with Crippen LogP contribution in [0.4, 0.5) is 11.4 Å². The van der Waals surface area contributed by atoms with Gasteiger partial charge in [0, 0.05) is 16.9 Å². The van der Waals surface area contributed by atoms with E-state index >= 15 is 0 Å². The third-order valence-electron chi connectivity index (χ3n) is 4.52. The molecule has 3 N–H and O–H groups in total. The Balaban J connectivity index is 1.61. The van der Waals surface area contributed by atoms with Gasteiger partial charge in [-0.15, -0.1) is 0 Å². The van der Waals surface area contributed by atoms with Crippen molar-refractivity contribution in [2.45, 2.75) is 24.7 Å². The average Bonchev–Trinajstić information content (AvgIpc) is 2.74. The molecule has 0 radical (unpaired) electrons. The number of thiocarbonyl (C=S) groups is 1. The van der Waals surface area contributed by atoms with Gasteiger partial charge in [-0.3, -0.25) is 4.79 Å². The fourth-order valence-electron chi connectivity index (χ4n) is 2.79. The van der Waals surface area contributed by atoms with Crippen molar-refractivity contribution in [1.82, 2.24) is 4.72 Å². The number of rotatable bonds is 6. The van der Waals surface area contributed by atoms with Crippen molar-refractivity contribution in [2.75, 3.05) is 10.6 Å². The lowest BCUT2D eigenvalue weighted by Crippen LogP contribution is -2.30. The zero-order chi connectivity index (χ0) is 22.4. The van der Waals surface area contributed by atoms with E-state index in [0.29, 0.717) is 16.7 Å². The highest BCUT2D eigenvalue weighted by Crippen LogP contribution is 2.18. The monoisotopic (exact) mass is 453 g/mol. The molecule has 0 aliphatic carbocycles. The van der Waals surface area contributed by atoms with Gasteiger partial charge in [0.1, 0.15) is 0 Å². The van der Waals surface area contributed by atoms with Crippen LogP contribution in [0.25, 0.3) is 0 Å². The Morgan fingerprint density at radius 1 is 0.806 bits per heavy atom. The number of carbonyl (C=O) groups excluding carboxylic acids is 1. The lowest BCUT2D eigenvalue weighted by atomic mass is 10.0. The Kier molecular flexibility index (Phi) is 7.04. The molecule has 8 heteroatoms. The second-order valence-electron chi connectivity index (χ2n) is 7.18. The first-order chi connectivity index (χ1) is 14.7. The Labute approximate surface area is 187 Å². The summed E-state index contributed by atoms with van der Waals surface area (Å²) in [6.07, 6.45) is 0. The molecule has 0 fully saturated rings. The molecule has 160 valence electrons. The van der Waals surface area contributed by atoms with Crippen LogP contribution in [0, 0.1) is 0 Å². The van der Waals surface area contributed by atoms with Gasteiger partial charge in [0.05, 0.1) is 4.90 Å². The molecule has 1 amide bonds. The normalized spacial score (nSPS) is 11.1. The number of carbonyl (C=O) groups is 1. The molecule has 3 rings (SSSR count). The van der Waals surface area contributed by atoms with Crippen molar-refractivity contribution in [3.05, 3.63) is 90.0 Å². The van der Waals surface area contributed by atoms with E-state index in [0.717, 1.165) is 5.69 Å². The van der Waals surface area contributed by atoms with E-state index in [4.69, 9.17) is 12.2 Å². The van der Waals surface area contributed by atoms with Crippen molar-refractivity contribution in [3.63, 3.8) is 0 Å². The smallest absolute Gasteiger partial charge is 0.264 e. The number of anilines is 2. The zero-order valence-corrected chi connectivity index (χ0v) is 18.8. The summed E-state index contributed by atoms with van der Waals surface area (Å²) in [5.41, 5.74) is 2.97. The van der Waals surface area contributed by atoms with Crippen LogP contribution in [0.5, 0.6) is 0 Å². The van der Waals surface area contributed by atoms with Crippen LogP contribution in [-0.4, -0.2) is 19.4 Å². The van der Waals surface area contributed by atoms with E-state index in [1.807, 2.05) is 24.3 Å². The topological polar surface area (TPSA) is 87.3 Å². The highest BCUT2D eigenvalue weighted by molar-refractivity contribution is 7.90. The van der Waals surface area contributed by atoms with Gasteiger partial charge in [0.25, 0.3) is 15.9 Å². The number of amides is 1. The van der Waals surface area contributed by atoms with Crippen molar-refractivity contribution in [2.24, 2.45) is 0 Å². The molecular formula is C23H23N3O3S2. The molecule has 0 bridgehead atoms. The Morgan fingerprint density at radius 3 is 1.84 bits per heavy atom. The lowest BCUT2D eigenvalue weighted by molar-refractivity contribution is 0.0981. The van der Waals surface area contributed by atoms with E-state index in [9.17, 15) is 13.2 Å². The number of nitrogens with one attached hydrogen (secondary N) is 3. The molecule has 3 aromatic carbocycles. The van der Waals surface area contributed by atoms with Crippen molar-refractivity contribution in [3.8, 4) is 0 Å². The molecule has 31 heavy (non-hydrogen) atoms. The second kappa shape index (κ2) is 9.72. The molecule has 0 aliphatic rings. The molecule has 6 nitrogen and oxygen atoms in total. The number of benzene rings is 3. The van der Waals surface area contributed by atoms with Crippen LogP contribution >= 0.6 is 12.2 Å². The summed E-state index contributed by atoms with van der Waals surface area (Å²) in [5.74, 6) is -0.233. The molecule has 0 spiro atoms. The molecule has 0 saturated carbocycles. The second-order valence-corrected chi connectivity index (χ2v) is 9.27. The van der Waals surface area contributed by atoms with Gasteiger partial charge < -0.3 is 10.6 Å². The first-order valence-corrected chi connectivity index (χ1v) is 11.5. The quantitative estimate of drug-likeness (QED) is 0.468. The predicted octanol–water partition coefficient (Wildman–Crippen LogP) is 4.74. The molecule has 0 saturated heterocycles. The SMILES string of the molecule is CC(C)c1ccc(NC(=S)Nc2ccc(S(=O)(=O)NC(=O)c3ccccc3)cc2)cc1. The molecule has 0 aliphatic heterocycles. The highest BCUT2D eigenvalue weighted by Gasteiger charge is 2.18. The van der Waals surface area contributed by atoms with Gasteiger partial charge in [-0.25, -0.2) is 13.1 Å². The Morgan fingerprint density at radius 2 is 1.32 bits per heavy atom. The van der Waals surface area contributed by atoms with Crippen molar-refractivity contribution < 1.29 is 13.2 Å². The van der Waals surface area contributed by atoms with Crippen LogP contribution in [0.3, 0.4) is 0 Å². The van der Waals surface area contributed by atoms with Crippen LogP contribution in [0.2, 0.25) is 0 Å². The van der Waals surface area contributed by atoms with Crippen LogP contribution in [0.1, 0.15) is 35.7 Å². The Hall–Kier alpha value is -3.23. The number of hydrogen-bond acceptors (Lipinski definition) is 4. The summed E-state index contributed by atoms with van der Waals surface area (Å²) in [4.78, 5) is 12.1. The standard InChI is InChI=1S/C23H23N3O3S2/c1-16(2)17-8-10-19(11-9-17)24-23(30)25-20-12-14-21(15-13-20)31(28,29)26-22(27)18-6-4-3-5-7-18/h3-16H,1-2H3,(H,26,27)(H2,24,25,30). The predicted molar refractivity (Wildman–Crippen MR) is 128 cm³/mol. The summed E-state index contributed by atoms with van der Waals surface area (Å²) in [5, 5.41) is 6.48. The van der Waals surface area contributed by atoms with Crippen LogP contribution < -0.4 is 15.4 Å². The lowest BCUT2D eigenvalue weighted by Gasteiger charge is -2.12. The minimum atomic E-state index is -3.99. The largest absolute Gasteiger partial charge is 0.332 e. The molecular weight excluding hydrogens is 430 g/mol. The minimum Gasteiger partial charge on any atom is -0.332 e. The summed E-state index contributed by atoms with van der Waals surface area (Å²) in [7, 11) is -3.99. The minimum absolute atomic E-state index is 0.0227. The average molecular weight is 454 g/mol. The summed E-state index contributed by atoms with van der Waals surface area (Å²) in [6, 6.07) is 22.1. The first kappa shape index (κ1) is 22.5. The van der Waals surface area contributed by atoms with E-state index in [1.165, 1.54) is 17.7 Å². The van der Waals surface area contributed by atoms with Gasteiger partial charge in [0.15, 0.2) is 5.11 Å². The molecule has 0 atom stereocenters. The first-order valence-electron chi connectivity index (χ1n) is 9.65. The molecule has 0 unspecified atom stereocenters. The maximum absolute atomic E-state index is 12.5. The van der Waals surface area contributed by atoms with E-state index in [1.54, 1.807) is 42.5 Å². The fourth-order valence-corrected chi connectivity index (χ4v) is 4.00. The van der Waals surface area contributed by atoms with Crippen LogP contribution in [0.15, 0.2) is 83.8 Å². The maximum Gasteiger partial charge on any atom is 0.264 e. The molecule has 3 aromatic rings.